The Morgan fingerprint density at radius 3 is 2.82 bits per heavy atom. The van der Waals surface area contributed by atoms with Crippen molar-refractivity contribution in [2.45, 2.75) is 43.4 Å². The third-order valence-electron chi connectivity index (χ3n) is 10.9. The van der Waals surface area contributed by atoms with Gasteiger partial charge in [-0.3, -0.25) is 19.6 Å². The van der Waals surface area contributed by atoms with E-state index in [9.17, 15) is 18.8 Å². The van der Waals surface area contributed by atoms with E-state index in [1.165, 1.54) is 12.3 Å². The van der Waals surface area contributed by atoms with E-state index in [1.54, 1.807) is 30.3 Å². The van der Waals surface area contributed by atoms with Crippen LogP contribution in [-0.4, -0.2) is 113 Å². The molecule has 2 aromatic carbocycles. The number of hydrogen-bond donors (Lipinski definition) is 0. The molecule has 258 valence electrons. The Morgan fingerprint density at radius 2 is 2.02 bits per heavy atom. The van der Waals surface area contributed by atoms with Gasteiger partial charge >= 0.3 is 6.01 Å². The molecule has 10 nitrogen and oxygen atoms in total. The Bertz CT molecular complexity index is 2100. The fourth-order valence-electron chi connectivity index (χ4n) is 8.29. The molecule has 4 aliphatic rings. The number of nitriles is 1. The molecule has 0 saturated carbocycles. The van der Waals surface area contributed by atoms with Crippen molar-refractivity contribution in [3.63, 3.8) is 0 Å². The van der Waals surface area contributed by atoms with E-state index in [0.717, 1.165) is 38.0 Å². The third kappa shape index (κ3) is 5.51. The van der Waals surface area contributed by atoms with Crippen LogP contribution in [0.4, 0.5) is 19.0 Å². The van der Waals surface area contributed by atoms with Gasteiger partial charge in [0, 0.05) is 75.5 Å². The lowest BCUT2D eigenvalue weighted by Gasteiger charge is -2.31. The molecule has 4 aromatic rings. The number of rotatable bonds is 7. The van der Waals surface area contributed by atoms with Crippen LogP contribution in [0.1, 0.15) is 31.2 Å². The number of amides is 1. The molecule has 2 aromatic heterocycles. The maximum absolute atomic E-state index is 16.9. The average molecular weight is 683 g/mol. The van der Waals surface area contributed by atoms with Crippen molar-refractivity contribution >= 4 is 33.4 Å². The number of likely N-dealkylation sites (tertiary alicyclic amines) is 2. The number of fused-ring (bicyclic) bond motifs is 3. The first-order chi connectivity index (χ1) is 24.1. The van der Waals surface area contributed by atoms with Gasteiger partial charge in [-0.15, -0.1) is 0 Å². The summed E-state index contributed by atoms with van der Waals surface area (Å²) < 4.78 is 52.4. The summed E-state index contributed by atoms with van der Waals surface area (Å²) in [6.07, 6.45) is 5.03. The molecule has 8 rings (SSSR count). The molecule has 4 saturated heterocycles. The lowest BCUT2D eigenvalue weighted by molar-refractivity contribution is -0.125. The van der Waals surface area contributed by atoms with Crippen LogP contribution in [0.15, 0.2) is 48.2 Å². The summed E-state index contributed by atoms with van der Waals surface area (Å²) in [5.74, 6) is -1.11. The highest BCUT2D eigenvalue weighted by Gasteiger charge is 2.49. The van der Waals surface area contributed by atoms with Gasteiger partial charge in [-0.1, -0.05) is 24.3 Å². The maximum Gasteiger partial charge on any atom is 0.319 e. The van der Waals surface area contributed by atoms with E-state index in [1.807, 2.05) is 30.0 Å². The second kappa shape index (κ2) is 12.5. The van der Waals surface area contributed by atoms with Crippen LogP contribution in [0, 0.1) is 23.0 Å². The minimum atomic E-state index is -0.943. The zero-order valence-corrected chi connectivity index (χ0v) is 28.0. The fraction of sp³-hybridized carbons (Fsp3) is 0.432. The van der Waals surface area contributed by atoms with Gasteiger partial charge in [0.25, 0.3) is 0 Å². The molecule has 0 spiro atoms. The molecule has 4 fully saturated rings. The van der Waals surface area contributed by atoms with Crippen LogP contribution in [0.3, 0.4) is 0 Å². The fourth-order valence-corrected chi connectivity index (χ4v) is 8.29. The van der Waals surface area contributed by atoms with E-state index >= 15 is 4.39 Å². The number of ether oxygens (including phenoxy) is 1. The molecule has 6 heterocycles. The standard InChI is InChI=1S/C37H37F3N8O2/c1-45-17-22(18-45)13-30(49)47-12-9-25(20-47)46(2)35-28-16-42-33(26-6-3-5-23-7-8-29(39)27(15-41)31(23)26)32(40)34(28)43-36(44-35)50-21-37-10-4-11-48(37)19-24(38)14-37/h3,5-8,13,16,24-25H,4,9-12,14,17-21H2,1-2H3/t24-,25-,37+/m1/s1. The Kier molecular flexibility index (Phi) is 8.11. The van der Waals surface area contributed by atoms with Gasteiger partial charge in [0.05, 0.1) is 16.5 Å². The maximum atomic E-state index is 16.9. The smallest absolute Gasteiger partial charge is 0.319 e. The molecule has 4 aliphatic heterocycles. The minimum absolute atomic E-state index is 0.0238. The zero-order valence-electron chi connectivity index (χ0n) is 28.0. The van der Waals surface area contributed by atoms with Gasteiger partial charge in [0.2, 0.25) is 5.91 Å². The zero-order chi connectivity index (χ0) is 34.7. The quantitative estimate of drug-likeness (QED) is 0.253. The first-order valence-corrected chi connectivity index (χ1v) is 17.0. The SMILES string of the molecule is CN1CC(=CC(=O)N2CC[C@@H](N(C)c3nc(OC[C@@]45CCCN4C[C@H](F)C5)nc4c(F)c(-c5cccc6ccc(F)c(C#N)c56)ncc34)C2)C1. The van der Waals surface area contributed by atoms with E-state index in [-0.39, 0.29) is 52.3 Å². The molecule has 0 bridgehead atoms. The average Bonchev–Trinajstić information content (AvgIpc) is 3.81. The number of aromatic nitrogens is 3. The number of hydrogen-bond acceptors (Lipinski definition) is 9. The molecule has 3 atom stereocenters. The van der Waals surface area contributed by atoms with Gasteiger partial charge in [-0.2, -0.15) is 15.2 Å². The van der Waals surface area contributed by atoms with Crippen LogP contribution < -0.4 is 9.64 Å². The Labute approximate surface area is 287 Å². The van der Waals surface area contributed by atoms with Gasteiger partial charge in [-0.05, 0) is 49.9 Å². The summed E-state index contributed by atoms with van der Waals surface area (Å²) in [5.41, 5.74) is 0.554. The molecule has 50 heavy (non-hydrogen) atoms. The van der Waals surface area contributed by atoms with E-state index in [2.05, 4.69) is 19.8 Å². The van der Waals surface area contributed by atoms with Crippen molar-refractivity contribution in [3.8, 4) is 23.3 Å². The second-order valence-electron chi connectivity index (χ2n) is 14.1. The molecule has 0 unspecified atom stereocenters. The highest BCUT2D eigenvalue weighted by atomic mass is 19.1. The first-order valence-electron chi connectivity index (χ1n) is 17.0. The van der Waals surface area contributed by atoms with Gasteiger partial charge < -0.3 is 14.5 Å². The van der Waals surface area contributed by atoms with Crippen molar-refractivity contribution in [1.82, 2.24) is 29.7 Å². The summed E-state index contributed by atoms with van der Waals surface area (Å²) in [7, 11) is 3.86. The van der Waals surface area contributed by atoms with Crippen LogP contribution in [0.5, 0.6) is 6.01 Å². The number of benzene rings is 2. The minimum Gasteiger partial charge on any atom is -0.461 e. The van der Waals surface area contributed by atoms with Crippen molar-refractivity contribution < 1.29 is 22.7 Å². The normalized spacial score (nSPS) is 23.7. The lowest BCUT2D eigenvalue weighted by Crippen LogP contribution is -2.43. The van der Waals surface area contributed by atoms with Crippen molar-refractivity contribution in [2.24, 2.45) is 0 Å². The predicted octanol–water partition coefficient (Wildman–Crippen LogP) is 4.86. The molecule has 13 heteroatoms. The summed E-state index contributed by atoms with van der Waals surface area (Å²) in [6, 6.07) is 9.54. The summed E-state index contributed by atoms with van der Waals surface area (Å²) in [5, 5.41) is 11.0. The Balaban J connectivity index is 1.18. The molecular formula is C37H37F3N8O2. The predicted molar refractivity (Wildman–Crippen MR) is 182 cm³/mol. The lowest BCUT2D eigenvalue weighted by atomic mass is 9.95. The third-order valence-corrected chi connectivity index (χ3v) is 10.9. The number of alkyl halides is 1. The van der Waals surface area contributed by atoms with Gasteiger partial charge in [0.1, 0.15) is 41.7 Å². The summed E-state index contributed by atoms with van der Waals surface area (Å²) in [4.78, 5) is 34.9. The van der Waals surface area contributed by atoms with Crippen molar-refractivity contribution in [3.05, 3.63) is 65.4 Å². The molecule has 1 amide bonds. The number of nitrogens with zero attached hydrogens (tertiary/aromatic N) is 8. The second-order valence-corrected chi connectivity index (χ2v) is 14.1. The largest absolute Gasteiger partial charge is 0.461 e. The number of halogens is 3. The molecule has 0 N–H and O–H groups in total. The van der Waals surface area contributed by atoms with E-state index in [4.69, 9.17) is 9.72 Å². The van der Waals surface area contributed by atoms with Crippen LogP contribution in [0.25, 0.3) is 32.9 Å². The monoisotopic (exact) mass is 682 g/mol. The van der Waals surface area contributed by atoms with E-state index < -0.39 is 23.3 Å². The Hall–Kier alpha value is -4.80. The molecular weight excluding hydrogens is 645 g/mol. The number of pyridine rings is 1. The Morgan fingerprint density at radius 1 is 1.18 bits per heavy atom. The highest BCUT2D eigenvalue weighted by Crippen LogP contribution is 2.41. The van der Waals surface area contributed by atoms with E-state index in [0.29, 0.717) is 49.1 Å². The molecule has 0 aliphatic carbocycles. The topological polar surface area (TPSA) is 102 Å². The van der Waals surface area contributed by atoms with Gasteiger partial charge in [-0.25, -0.2) is 13.2 Å². The number of anilines is 1. The highest BCUT2D eigenvalue weighted by molar-refractivity contribution is 6.02. The molecule has 0 radical (unpaired) electrons. The van der Waals surface area contributed by atoms with Gasteiger partial charge in [0.15, 0.2) is 5.82 Å². The van der Waals surface area contributed by atoms with Crippen LogP contribution >= 0.6 is 0 Å². The van der Waals surface area contributed by atoms with Crippen LogP contribution in [-0.2, 0) is 4.79 Å². The van der Waals surface area contributed by atoms with Crippen molar-refractivity contribution in [1.29, 1.82) is 5.26 Å². The van der Waals surface area contributed by atoms with Crippen LogP contribution in [0.2, 0.25) is 0 Å². The summed E-state index contributed by atoms with van der Waals surface area (Å²) >= 11 is 0. The number of carbonyl (C=O) groups is 1. The summed E-state index contributed by atoms with van der Waals surface area (Å²) in [6.45, 7) is 3.91. The van der Waals surface area contributed by atoms with Crippen molar-refractivity contribution in [2.75, 3.05) is 64.9 Å². The first kappa shape index (κ1) is 32.4. The number of likely N-dealkylation sites (N-methyl/N-ethyl adjacent to an activating group) is 2. The number of carbonyl (C=O) groups excluding carboxylic acids is 1.